The Bertz CT molecular complexity index is 1020. The maximum atomic E-state index is 6.77. The SMILES string of the molecule is CC(Cl)/C=C\C(Cl)=C1\C2=C(CCNCC2)N(CCOc2cccc3cccnc23)C1C. The van der Waals surface area contributed by atoms with Crippen molar-refractivity contribution in [1.29, 1.82) is 0 Å². The van der Waals surface area contributed by atoms with Crippen molar-refractivity contribution in [3.05, 3.63) is 70.6 Å². The molecule has 2 aliphatic heterocycles. The lowest BCUT2D eigenvalue weighted by atomic mass is 9.99. The van der Waals surface area contributed by atoms with Crippen molar-refractivity contribution in [3.8, 4) is 5.75 Å². The largest absolute Gasteiger partial charge is 0.489 e. The summed E-state index contributed by atoms with van der Waals surface area (Å²) < 4.78 is 6.19. The Balaban J connectivity index is 1.54. The van der Waals surface area contributed by atoms with Gasteiger partial charge in [-0.25, -0.2) is 0 Å². The van der Waals surface area contributed by atoms with Crippen LogP contribution in [0.2, 0.25) is 0 Å². The lowest BCUT2D eigenvalue weighted by Crippen LogP contribution is -2.33. The topological polar surface area (TPSA) is 37.4 Å². The van der Waals surface area contributed by atoms with E-state index in [1.54, 1.807) is 0 Å². The van der Waals surface area contributed by atoms with Crippen molar-refractivity contribution >= 4 is 34.1 Å². The van der Waals surface area contributed by atoms with Crippen LogP contribution in [0.1, 0.15) is 26.7 Å². The summed E-state index contributed by atoms with van der Waals surface area (Å²) in [5, 5.41) is 5.34. The summed E-state index contributed by atoms with van der Waals surface area (Å²) in [6.07, 6.45) is 7.69. The Morgan fingerprint density at radius 1 is 1.29 bits per heavy atom. The van der Waals surface area contributed by atoms with Gasteiger partial charge >= 0.3 is 0 Å². The molecule has 2 atom stereocenters. The summed E-state index contributed by atoms with van der Waals surface area (Å²) in [6, 6.07) is 10.3. The van der Waals surface area contributed by atoms with E-state index >= 15 is 0 Å². The number of pyridine rings is 1. The molecule has 0 bridgehead atoms. The number of aromatic nitrogens is 1. The molecule has 1 N–H and O–H groups in total. The standard InChI is InChI=1S/C25H29Cl2N3O/c1-17(26)8-9-21(27)24-18(2)30(22-11-14-28-13-10-20(22)24)15-16-31-23-7-3-5-19-6-4-12-29-25(19)23/h3-9,12,17-18,28H,10-11,13-16H2,1-2H3/b9-8-,24-21-. The molecule has 164 valence electrons. The van der Waals surface area contributed by atoms with E-state index in [1.165, 1.54) is 16.8 Å². The Labute approximate surface area is 194 Å². The molecule has 3 heterocycles. The summed E-state index contributed by atoms with van der Waals surface area (Å²) >= 11 is 12.9. The van der Waals surface area contributed by atoms with Gasteiger partial charge in [0.15, 0.2) is 0 Å². The van der Waals surface area contributed by atoms with Gasteiger partial charge in [0.25, 0.3) is 0 Å². The molecule has 0 aliphatic carbocycles. The Kier molecular flexibility index (Phi) is 7.21. The molecule has 0 radical (unpaired) electrons. The summed E-state index contributed by atoms with van der Waals surface area (Å²) in [6.45, 7) is 7.51. The van der Waals surface area contributed by atoms with Crippen molar-refractivity contribution in [2.24, 2.45) is 0 Å². The third-order valence-corrected chi connectivity index (χ3v) is 6.42. The molecule has 4 nitrogen and oxygen atoms in total. The maximum Gasteiger partial charge on any atom is 0.145 e. The van der Waals surface area contributed by atoms with Crippen molar-refractivity contribution < 1.29 is 4.74 Å². The molecule has 2 aromatic rings. The van der Waals surface area contributed by atoms with Crippen LogP contribution in [0.3, 0.4) is 0 Å². The molecule has 4 rings (SSSR count). The van der Waals surface area contributed by atoms with Crippen LogP contribution in [0.25, 0.3) is 10.9 Å². The first-order chi connectivity index (χ1) is 15.1. The molecule has 1 aromatic heterocycles. The van der Waals surface area contributed by atoms with E-state index in [0.29, 0.717) is 6.61 Å². The highest BCUT2D eigenvalue weighted by Crippen LogP contribution is 2.40. The quantitative estimate of drug-likeness (QED) is 0.570. The summed E-state index contributed by atoms with van der Waals surface area (Å²) in [7, 11) is 0. The molecule has 6 heteroatoms. The van der Waals surface area contributed by atoms with Crippen molar-refractivity contribution in [2.75, 3.05) is 26.2 Å². The van der Waals surface area contributed by atoms with Gasteiger partial charge in [0.05, 0.1) is 12.6 Å². The highest BCUT2D eigenvalue weighted by atomic mass is 35.5. The average molecular weight is 458 g/mol. The van der Waals surface area contributed by atoms with Gasteiger partial charge in [-0.15, -0.1) is 11.6 Å². The molecule has 1 aromatic carbocycles. The molecule has 0 saturated heterocycles. The number of para-hydroxylation sites is 1. The number of nitrogens with zero attached hydrogens (tertiary/aromatic N) is 2. The fourth-order valence-electron chi connectivity index (χ4n) is 4.51. The van der Waals surface area contributed by atoms with E-state index in [0.717, 1.165) is 54.2 Å². The van der Waals surface area contributed by atoms with Crippen LogP contribution in [0.4, 0.5) is 0 Å². The van der Waals surface area contributed by atoms with Gasteiger partial charge in [-0.05, 0) is 56.2 Å². The molecule has 0 spiro atoms. The van der Waals surface area contributed by atoms with Crippen LogP contribution < -0.4 is 10.1 Å². The van der Waals surface area contributed by atoms with Gasteiger partial charge in [0, 0.05) is 40.7 Å². The van der Waals surface area contributed by atoms with Crippen molar-refractivity contribution in [3.63, 3.8) is 0 Å². The summed E-state index contributed by atoms with van der Waals surface area (Å²) in [5.41, 5.74) is 4.89. The van der Waals surface area contributed by atoms with Crippen LogP contribution in [-0.4, -0.2) is 47.5 Å². The first kappa shape index (κ1) is 22.2. The van der Waals surface area contributed by atoms with Gasteiger partial charge in [-0.3, -0.25) is 4.98 Å². The monoisotopic (exact) mass is 457 g/mol. The van der Waals surface area contributed by atoms with E-state index in [4.69, 9.17) is 27.9 Å². The van der Waals surface area contributed by atoms with E-state index in [-0.39, 0.29) is 11.4 Å². The first-order valence-electron chi connectivity index (χ1n) is 10.9. The zero-order valence-electron chi connectivity index (χ0n) is 18.1. The number of rotatable bonds is 6. The van der Waals surface area contributed by atoms with Crippen LogP contribution in [0, 0.1) is 0 Å². The van der Waals surface area contributed by atoms with Gasteiger partial charge in [-0.2, -0.15) is 0 Å². The lowest BCUT2D eigenvalue weighted by molar-refractivity contribution is 0.228. The third kappa shape index (κ3) is 4.92. The minimum absolute atomic E-state index is 0.0471. The number of allylic oxidation sites excluding steroid dienone is 3. The number of hydrogen-bond acceptors (Lipinski definition) is 4. The Morgan fingerprint density at radius 2 is 2.10 bits per heavy atom. The zero-order chi connectivity index (χ0) is 21.8. The number of alkyl halides is 1. The number of benzene rings is 1. The highest BCUT2D eigenvalue weighted by Gasteiger charge is 2.34. The number of nitrogens with one attached hydrogen (secondary N) is 1. The third-order valence-electron chi connectivity index (χ3n) is 5.95. The number of halogens is 2. The molecule has 2 aliphatic rings. The number of hydrogen-bond donors (Lipinski definition) is 1. The molecular weight excluding hydrogens is 429 g/mol. The van der Waals surface area contributed by atoms with Crippen LogP contribution in [0.5, 0.6) is 5.75 Å². The zero-order valence-corrected chi connectivity index (χ0v) is 19.6. The Hall–Kier alpha value is -2.01. The predicted octanol–water partition coefficient (Wildman–Crippen LogP) is 5.63. The average Bonchev–Trinajstić information content (AvgIpc) is 2.90. The van der Waals surface area contributed by atoms with E-state index < -0.39 is 0 Å². The smallest absolute Gasteiger partial charge is 0.145 e. The second-order valence-corrected chi connectivity index (χ2v) is 9.12. The molecular formula is C25H29Cl2N3O. The highest BCUT2D eigenvalue weighted by molar-refractivity contribution is 6.32. The molecule has 31 heavy (non-hydrogen) atoms. The maximum absolute atomic E-state index is 6.77. The summed E-state index contributed by atoms with van der Waals surface area (Å²) in [4.78, 5) is 6.95. The van der Waals surface area contributed by atoms with Gasteiger partial charge in [0.2, 0.25) is 0 Å². The van der Waals surface area contributed by atoms with E-state index in [9.17, 15) is 0 Å². The van der Waals surface area contributed by atoms with Gasteiger partial charge in [0.1, 0.15) is 17.9 Å². The van der Waals surface area contributed by atoms with E-state index in [2.05, 4.69) is 34.3 Å². The van der Waals surface area contributed by atoms with E-state index in [1.807, 2.05) is 43.5 Å². The molecule has 2 unspecified atom stereocenters. The second-order valence-electron chi connectivity index (χ2n) is 8.02. The fraction of sp³-hybridized carbons (Fsp3) is 0.400. The molecule has 0 fully saturated rings. The Morgan fingerprint density at radius 3 is 2.94 bits per heavy atom. The number of ether oxygens (including phenoxy) is 1. The van der Waals surface area contributed by atoms with Crippen LogP contribution in [0.15, 0.2) is 70.6 Å². The summed E-state index contributed by atoms with van der Waals surface area (Å²) in [5.74, 6) is 0.828. The predicted molar refractivity (Wildman–Crippen MR) is 130 cm³/mol. The minimum Gasteiger partial charge on any atom is -0.489 e. The van der Waals surface area contributed by atoms with Crippen molar-refractivity contribution in [2.45, 2.75) is 38.1 Å². The fourth-order valence-corrected chi connectivity index (χ4v) is 4.93. The van der Waals surface area contributed by atoms with Crippen LogP contribution >= 0.6 is 23.2 Å². The minimum atomic E-state index is -0.0471. The van der Waals surface area contributed by atoms with Crippen molar-refractivity contribution in [1.82, 2.24) is 15.2 Å². The lowest BCUT2D eigenvalue weighted by Gasteiger charge is -2.28. The molecule has 0 saturated carbocycles. The van der Waals surface area contributed by atoms with Gasteiger partial charge in [-0.1, -0.05) is 35.9 Å². The number of fused-ring (bicyclic) bond motifs is 1. The first-order valence-corrected chi connectivity index (χ1v) is 11.8. The molecule has 0 amide bonds. The van der Waals surface area contributed by atoms with Gasteiger partial charge < -0.3 is 15.0 Å². The van der Waals surface area contributed by atoms with Crippen LogP contribution in [-0.2, 0) is 0 Å². The normalized spacial score (nSPS) is 22.1. The second kappa shape index (κ2) is 10.1.